The molecule has 1 aliphatic heterocycles. The second kappa shape index (κ2) is 10.6. The fourth-order valence-electron chi connectivity index (χ4n) is 4.62. The second-order valence-corrected chi connectivity index (χ2v) is 9.14. The monoisotopic (exact) mass is 490 g/mol. The summed E-state index contributed by atoms with van der Waals surface area (Å²) in [5.74, 6) is -1.01. The minimum atomic E-state index is -0.756. The number of benzene rings is 4. The average molecular weight is 491 g/mol. The maximum Gasteiger partial charge on any atom is 0.269 e. The average Bonchev–Trinajstić information content (AvgIpc) is 3.24. The number of carbonyl (C=O) groups excluding carboxylic acids is 1. The number of amides is 1. The predicted molar refractivity (Wildman–Crippen MR) is 145 cm³/mol. The molecule has 0 saturated carbocycles. The number of nitro groups is 1. The van der Waals surface area contributed by atoms with Gasteiger partial charge in [0, 0.05) is 36.5 Å². The van der Waals surface area contributed by atoms with Crippen molar-refractivity contribution in [3.05, 3.63) is 135 Å². The van der Waals surface area contributed by atoms with Gasteiger partial charge in [0.05, 0.1) is 16.3 Å². The van der Waals surface area contributed by atoms with E-state index in [4.69, 9.17) is 4.99 Å². The van der Waals surface area contributed by atoms with Gasteiger partial charge >= 0.3 is 0 Å². The number of nitro benzene ring substituents is 1. The van der Waals surface area contributed by atoms with Crippen molar-refractivity contribution in [3.8, 4) is 0 Å². The Morgan fingerprint density at radius 2 is 1.51 bits per heavy atom. The number of carbonyl (C=O) groups is 1. The van der Waals surface area contributed by atoms with Gasteiger partial charge in [-0.2, -0.15) is 0 Å². The Balaban J connectivity index is 1.44. The molecule has 1 amide bonds. The smallest absolute Gasteiger partial charge is 0.269 e. The second-order valence-electron chi connectivity index (χ2n) is 9.14. The molecule has 1 N–H and O–H groups in total. The third kappa shape index (κ3) is 5.47. The van der Waals surface area contributed by atoms with Crippen LogP contribution in [0.3, 0.4) is 0 Å². The highest BCUT2D eigenvalue weighted by molar-refractivity contribution is 6.24. The minimum Gasteiger partial charge on any atom is -0.325 e. The summed E-state index contributed by atoms with van der Waals surface area (Å²) < 4.78 is 0. The fraction of sp³-hybridized carbons (Fsp3) is 0.133. The molecule has 7 heteroatoms. The summed E-state index contributed by atoms with van der Waals surface area (Å²) in [5, 5.41) is 14.2. The van der Waals surface area contributed by atoms with Crippen molar-refractivity contribution in [2.24, 2.45) is 4.99 Å². The van der Waals surface area contributed by atoms with Crippen molar-refractivity contribution in [1.29, 1.82) is 0 Å². The van der Waals surface area contributed by atoms with Gasteiger partial charge in [0.2, 0.25) is 5.91 Å². The first-order valence-electron chi connectivity index (χ1n) is 12.0. The molecule has 0 aliphatic carbocycles. The van der Waals surface area contributed by atoms with Gasteiger partial charge in [-0.25, -0.2) is 0 Å². The summed E-state index contributed by atoms with van der Waals surface area (Å²) >= 11 is 0. The number of aliphatic imine (C=N–C) groups is 1. The Labute approximate surface area is 215 Å². The molecule has 0 radical (unpaired) electrons. The lowest BCUT2D eigenvalue weighted by molar-refractivity contribution is -0.384. The van der Waals surface area contributed by atoms with E-state index >= 15 is 0 Å². The molecule has 37 heavy (non-hydrogen) atoms. The highest BCUT2D eigenvalue weighted by Crippen LogP contribution is 2.38. The largest absolute Gasteiger partial charge is 0.325 e. The van der Waals surface area contributed by atoms with Crippen LogP contribution in [0.5, 0.6) is 0 Å². The molecule has 0 fully saturated rings. The van der Waals surface area contributed by atoms with Crippen molar-refractivity contribution in [2.75, 3.05) is 12.4 Å². The van der Waals surface area contributed by atoms with Crippen LogP contribution in [-0.4, -0.2) is 28.5 Å². The number of nitrogens with one attached hydrogen (secondary N) is 1. The zero-order valence-corrected chi connectivity index (χ0v) is 20.4. The van der Waals surface area contributed by atoms with E-state index in [2.05, 4.69) is 29.4 Å². The molecule has 1 aliphatic rings. The highest BCUT2D eigenvalue weighted by Gasteiger charge is 2.36. The Kier molecular flexibility index (Phi) is 6.87. The van der Waals surface area contributed by atoms with Crippen LogP contribution in [0.2, 0.25) is 0 Å². The maximum atomic E-state index is 13.1. The van der Waals surface area contributed by atoms with Crippen LogP contribution in [0, 0.1) is 10.1 Å². The first-order chi connectivity index (χ1) is 18.0. The maximum absolute atomic E-state index is 13.1. The number of nitrogens with zero attached hydrogens (tertiary/aromatic N) is 3. The number of non-ortho nitro benzene ring substituents is 1. The SMILES string of the molecule is CN(Cc1ccccc1)Cc1ccc(N=C(c2ccccc2)C2C(=O)Nc3ccc([N+](=O)[O-])cc32)cc1. The molecule has 0 bridgehead atoms. The molecule has 4 aromatic rings. The van der Waals surface area contributed by atoms with Gasteiger partial charge in [0.25, 0.3) is 5.69 Å². The summed E-state index contributed by atoms with van der Waals surface area (Å²) in [7, 11) is 2.09. The van der Waals surface area contributed by atoms with Gasteiger partial charge in [-0.3, -0.25) is 24.8 Å². The van der Waals surface area contributed by atoms with Gasteiger partial charge in [0.1, 0.15) is 5.92 Å². The van der Waals surface area contributed by atoms with Crippen LogP contribution < -0.4 is 5.32 Å². The Morgan fingerprint density at radius 3 is 2.16 bits per heavy atom. The lowest BCUT2D eigenvalue weighted by atomic mass is 9.90. The molecule has 4 aromatic carbocycles. The Hall–Kier alpha value is -4.62. The first kappa shape index (κ1) is 24.1. The summed E-state index contributed by atoms with van der Waals surface area (Å²) in [6.07, 6.45) is 0. The van der Waals surface area contributed by atoms with Crippen molar-refractivity contribution in [2.45, 2.75) is 19.0 Å². The van der Waals surface area contributed by atoms with E-state index in [-0.39, 0.29) is 11.6 Å². The number of hydrogen-bond donors (Lipinski definition) is 1. The van der Waals surface area contributed by atoms with E-state index in [1.54, 1.807) is 6.07 Å². The van der Waals surface area contributed by atoms with Crippen LogP contribution in [0.25, 0.3) is 0 Å². The molecule has 1 heterocycles. The minimum absolute atomic E-state index is 0.0587. The van der Waals surface area contributed by atoms with Gasteiger partial charge in [0.15, 0.2) is 0 Å². The van der Waals surface area contributed by atoms with Crippen LogP contribution >= 0.6 is 0 Å². The van der Waals surface area contributed by atoms with Crippen molar-refractivity contribution in [3.63, 3.8) is 0 Å². The van der Waals surface area contributed by atoms with Crippen molar-refractivity contribution >= 4 is 28.7 Å². The van der Waals surface area contributed by atoms with E-state index in [1.165, 1.54) is 17.7 Å². The normalized spacial score (nSPS) is 14.9. The van der Waals surface area contributed by atoms with E-state index in [0.29, 0.717) is 22.6 Å². The molecule has 0 spiro atoms. The number of rotatable bonds is 8. The van der Waals surface area contributed by atoms with Crippen LogP contribution in [0.4, 0.5) is 17.1 Å². The molecular weight excluding hydrogens is 464 g/mol. The van der Waals surface area contributed by atoms with E-state index < -0.39 is 10.8 Å². The number of fused-ring (bicyclic) bond motifs is 1. The number of hydrogen-bond acceptors (Lipinski definition) is 5. The third-order valence-electron chi connectivity index (χ3n) is 6.35. The van der Waals surface area contributed by atoms with Crippen LogP contribution in [0.15, 0.2) is 108 Å². The summed E-state index contributed by atoms with van der Waals surface area (Å²) in [5.41, 5.74) is 5.52. The molecule has 7 nitrogen and oxygen atoms in total. The zero-order chi connectivity index (χ0) is 25.8. The lowest BCUT2D eigenvalue weighted by Crippen LogP contribution is -2.22. The topological polar surface area (TPSA) is 87.8 Å². The Morgan fingerprint density at radius 1 is 0.892 bits per heavy atom. The summed E-state index contributed by atoms with van der Waals surface area (Å²) in [6, 6.07) is 32.2. The van der Waals surface area contributed by atoms with E-state index in [1.807, 2.05) is 72.8 Å². The van der Waals surface area contributed by atoms with Gasteiger partial charge in [-0.1, -0.05) is 72.8 Å². The molecule has 1 atom stereocenters. The number of anilines is 1. The van der Waals surface area contributed by atoms with Crippen molar-refractivity contribution in [1.82, 2.24) is 4.90 Å². The van der Waals surface area contributed by atoms with Crippen LogP contribution in [-0.2, 0) is 17.9 Å². The van der Waals surface area contributed by atoms with Crippen LogP contribution in [0.1, 0.15) is 28.2 Å². The highest BCUT2D eigenvalue weighted by atomic mass is 16.6. The molecule has 1 unspecified atom stereocenters. The summed E-state index contributed by atoms with van der Waals surface area (Å²) in [6.45, 7) is 1.63. The van der Waals surface area contributed by atoms with E-state index in [0.717, 1.165) is 24.2 Å². The summed E-state index contributed by atoms with van der Waals surface area (Å²) in [4.78, 5) is 31.2. The fourth-order valence-corrected chi connectivity index (χ4v) is 4.62. The lowest BCUT2D eigenvalue weighted by Gasteiger charge is -2.17. The molecule has 184 valence electrons. The molecule has 0 aromatic heterocycles. The first-order valence-corrected chi connectivity index (χ1v) is 12.0. The quantitative estimate of drug-likeness (QED) is 0.184. The zero-order valence-electron chi connectivity index (χ0n) is 20.4. The van der Waals surface area contributed by atoms with Gasteiger partial charge < -0.3 is 5.32 Å². The van der Waals surface area contributed by atoms with Crippen molar-refractivity contribution < 1.29 is 9.72 Å². The van der Waals surface area contributed by atoms with E-state index in [9.17, 15) is 14.9 Å². The third-order valence-corrected chi connectivity index (χ3v) is 6.35. The van der Waals surface area contributed by atoms with Gasteiger partial charge in [-0.05, 0) is 41.9 Å². The molecule has 0 saturated heterocycles. The standard InChI is InChI=1S/C30H26N4O3/c1-33(19-21-8-4-2-5-9-21)20-22-12-14-24(15-13-22)31-29(23-10-6-3-7-11-23)28-26-18-25(34(36)37)16-17-27(26)32-30(28)35/h2-18,28H,19-20H2,1H3,(H,32,35). The van der Waals surface area contributed by atoms with Gasteiger partial charge in [-0.15, -0.1) is 0 Å². The Bertz CT molecular complexity index is 1450. The molecule has 5 rings (SSSR count). The predicted octanol–water partition coefficient (Wildman–Crippen LogP) is 6.08. The molecular formula is C30H26N4O3.